The van der Waals surface area contributed by atoms with E-state index < -0.39 is 11.8 Å². The summed E-state index contributed by atoms with van der Waals surface area (Å²) >= 11 is 0. The molecule has 0 fully saturated rings. The second-order valence-corrected chi connectivity index (χ2v) is 4.51. The third-order valence-corrected chi connectivity index (χ3v) is 2.81. The maximum atomic E-state index is 13.7. The molecule has 2 aromatic rings. The fraction of sp³-hybridized carbons (Fsp3) is 0.188. The highest BCUT2D eigenvalue weighted by Gasteiger charge is 2.16. The van der Waals surface area contributed by atoms with Crippen molar-refractivity contribution in [2.24, 2.45) is 0 Å². The van der Waals surface area contributed by atoms with Crippen LogP contribution in [0.15, 0.2) is 36.4 Å². The number of esters is 1. The average molecular weight is 289 g/mol. The molecule has 2 N–H and O–H groups in total. The van der Waals surface area contributed by atoms with Crippen LogP contribution in [0.5, 0.6) is 11.5 Å². The lowest BCUT2D eigenvalue weighted by Gasteiger charge is -2.12. The lowest BCUT2D eigenvalue weighted by atomic mass is 10.1. The molecule has 5 heteroatoms. The molecule has 0 heterocycles. The molecule has 110 valence electrons. The first-order chi connectivity index (χ1) is 10.0. The Balaban J connectivity index is 2.39. The van der Waals surface area contributed by atoms with Gasteiger partial charge in [-0.15, -0.1) is 0 Å². The van der Waals surface area contributed by atoms with Crippen LogP contribution in [0.25, 0.3) is 0 Å². The minimum atomic E-state index is -0.562. The van der Waals surface area contributed by atoms with Crippen LogP contribution in [-0.4, -0.2) is 12.6 Å². The van der Waals surface area contributed by atoms with Gasteiger partial charge in [0.15, 0.2) is 11.6 Å². The topological polar surface area (TPSA) is 61.5 Å². The molecule has 21 heavy (non-hydrogen) atoms. The van der Waals surface area contributed by atoms with Crippen molar-refractivity contribution < 1.29 is 18.7 Å². The Morgan fingerprint density at radius 1 is 1.19 bits per heavy atom. The highest BCUT2D eigenvalue weighted by molar-refractivity contribution is 5.93. The molecule has 0 amide bonds. The molecule has 4 nitrogen and oxygen atoms in total. The monoisotopic (exact) mass is 289 g/mol. The van der Waals surface area contributed by atoms with Crippen molar-refractivity contribution >= 4 is 11.7 Å². The molecule has 0 unspecified atom stereocenters. The van der Waals surface area contributed by atoms with E-state index in [1.165, 1.54) is 18.2 Å². The standard InChI is InChI=1S/C16H16FNO3/c1-3-20-16(19)12-9-11(18)5-7-14(12)21-15-8-10(2)4-6-13(15)17/h4-9H,3,18H2,1-2H3. The first kappa shape index (κ1) is 14.8. The number of benzene rings is 2. The molecule has 0 aliphatic heterocycles. The van der Waals surface area contributed by atoms with Crippen LogP contribution in [0.4, 0.5) is 10.1 Å². The number of hydrogen-bond donors (Lipinski definition) is 1. The zero-order valence-electron chi connectivity index (χ0n) is 11.9. The fourth-order valence-corrected chi connectivity index (χ4v) is 1.81. The lowest BCUT2D eigenvalue weighted by Crippen LogP contribution is -2.07. The van der Waals surface area contributed by atoms with E-state index in [1.807, 2.05) is 6.92 Å². The lowest BCUT2D eigenvalue weighted by molar-refractivity contribution is 0.0523. The van der Waals surface area contributed by atoms with Crippen LogP contribution >= 0.6 is 0 Å². The van der Waals surface area contributed by atoms with Crippen molar-refractivity contribution in [3.05, 3.63) is 53.3 Å². The summed E-state index contributed by atoms with van der Waals surface area (Å²) in [6, 6.07) is 9.04. The molecular weight excluding hydrogens is 273 g/mol. The minimum Gasteiger partial charge on any atom is -0.462 e. The van der Waals surface area contributed by atoms with Gasteiger partial charge in [-0.05, 0) is 49.7 Å². The maximum Gasteiger partial charge on any atom is 0.342 e. The summed E-state index contributed by atoms with van der Waals surface area (Å²) in [4.78, 5) is 11.9. The first-order valence-electron chi connectivity index (χ1n) is 6.52. The Labute approximate surface area is 122 Å². The summed E-state index contributed by atoms with van der Waals surface area (Å²) in [5.41, 5.74) is 7.08. The number of carbonyl (C=O) groups excluding carboxylic acids is 1. The van der Waals surface area contributed by atoms with E-state index in [0.29, 0.717) is 5.69 Å². The van der Waals surface area contributed by atoms with Crippen molar-refractivity contribution in [2.75, 3.05) is 12.3 Å². The minimum absolute atomic E-state index is 0.0466. The van der Waals surface area contributed by atoms with E-state index in [9.17, 15) is 9.18 Å². The molecule has 0 aliphatic carbocycles. The molecule has 0 bridgehead atoms. The van der Waals surface area contributed by atoms with Crippen molar-refractivity contribution in [3.8, 4) is 11.5 Å². The van der Waals surface area contributed by atoms with Crippen LogP contribution in [0.2, 0.25) is 0 Å². The smallest absolute Gasteiger partial charge is 0.342 e. The Morgan fingerprint density at radius 2 is 1.95 bits per heavy atom. The van der Waals surface area contributed by atoms with E-state index in [1.54, 1.807) is 25.1 Å². The normalized spacial score (nSPS) is 10.2. The number of nitrogen functional groups attached to an aromatic ring is 1. The maximum absolute atomic E-state index is 13.7. The molecule has 0 saturated heterocycles. The summed E-state index contributed by atoms with van der Waals surface area (Å²) in [7, 11) is 0. The number of ether oxygens (including phenoxy) is 2. The Kier molecular flexibility index (Phi) is 4.42. The van der Waals surface area contributed by atoms with Crippen molar-refractivity contribution in [3.63, 3.8) is 0 Å². The number of nitrogens with two attached hydrogens (primary N) is 1. The number of rotatable bonds is 4. The van der Waals surface area contributed by atoms with Gasteiger partial charge in [0.25, 0.3) is 0 Å². The summed E-state index contributed by atoms with van der Waals surface area (Å²) in [6.45, 7) is 3.75. The quantitative estimate of drug-likeness (QED) is 0.689. The van der Waals surface area contributed by atoms with Crippen molar-refractivity contribution in [1.82, 2.24) is 0 Å². The SMILES string of the molecule is CCOC(=O)c1cc(N)ccc1Oc1cc(C)ccc1F. The van der Waals surface area contributed by atoms with Gasteiger partial charge in [-0.3, -0.25) is 0 Å². The van der Waals surface area contributed by atoms with Crippen LogP contribution in [0.1, 0.15) is 22.8 Å². The zero-order valence-corrected chi connectivity index (χ0v) is 11.9. The molecule has 0 aromatic heterocycles. The van der Waals surface area contributed by atoms with Gasteiger partial charge < -0.3 is 15.2 Å². The number of carbonyl (C=O) groups is 1. The fourth-order valence-electron chi connectivity index (χ4n) is 1.81. The van der Waals surface area contributed by atoms with Crippen LogP contribution in [0, 0.1) is 12.7 Å². The van der Waals surface area contributed by atoms with Gasteiger partial charge in [-0.25, -0.2) is 9.18 Å². The van der Waals surface area contributed by atoms with Gasteiger partial charge in [-0.2, -0.15) is 0 Å². The molecule has 0 spiro atoms. The Hall–Kier alpha value is -2.56. The van der Waals surface area contributed by atoms with Crippen LogP contribution in [0.3, 0.4) is 0 Å². The molecule has 0 radical (unpaired) electrons. The third-order valence-electron chi connectivity index (χ3n) is 2.81. The highest BCUT2D eigenvalue weighted by Crippen LogP contribution is 2.30. The molecule has 0 aliphatic rings. The summed E-state index contributed by atoms with van der Waals surface area (Å²) in [5.74, 6) is -0.822. The number of anilines is 1. The van der Waals surface area contributed by atoms with Crippen LogP contribution < -0.4 is 10.5 Å². The van der Waals surface area contributed by atoms with E-state index >= 15 is 0 Å². The van der Waals surface area contributed by atoms with Crippen molar-refractivity contribution in [2.45, 2.75) is 13.8 Å². The van der Waals surface area contributed by atoms with Crippen molar-refractivity contribution in [1.29, 1.82) is 0 Å². The van der Waals surface area contributed by atoms with E-state index in [4.69, 9.17) is 15.2 Å². The molecular formula is C16H16FNO3. The number of halogens is 1. The van der Waals surface area contributed by atoms with Gasteiger partial charge in [0.1, 0.15) is 11.3 Å². The predicted octanol–water partition coefficient (Wildman–Crippen LogP) is 3.69. The summed E-state index contributed by atoms with van der Waals surface area (Å²) in [5, 5.41) is 0. The zero-order chi connectivity index (χ0) is 15.4. The Bertz CT molecular complexity index is 671. The largest absolute Gasteiger partial charge is 0.462 e. The summed E-state index contributed by atoms with van der Waals surface area (Å²) in [6.07, 6.45) is 0. The van der Waals surface area contributed by atoms with Gasteiger partial charge in [0.2, 0.25) is 0 Å². The van der Waals surface area contributed by atoms with Crippen LogP contribution in [-0.2, 0) is 4.74 Å². The number of aryl methyl sites for hydroxylation is 1. The average Bonchev–Trinajstić information content (AvgIpc) is 2.45. The summed E-state index contributed by atoms with van der Waals surface area (Å²) < 4.78 is 24.2. The second kappa shape index (κ2) is 6.26. The van der Waals surface area contributed by atoms with E-state index in [-0.39, 0.29) is 23.7 Å². The van der Waals surface area contributed by atoms with Gasteiger partial charge in [0, 0.05) is 5.69 Å². The highest BCUT2D eigenvalue weighted by atomic mass is 19.1. The molecule has 2 rings (SSSR count). The third kappa shape index (κ3) is 3.51. The first-order valence-corrected chi connectivity index (χ1v) is 6.52. The predicted molar refractivity (Wildman–Crippen MR) is 78.0 cm³/mol. The molecule has 2 aromatic carbocycles. The van der Waals surface area contributed by atoms with Gasteiger partial charge in [-0.1, -0.05) is 6.07 Å². The van der Waals surface area contributed by atoms with E-state index in [2.05, 4.69) is 0 Å². The van der Waals surface area contributed by atoms with Gasteiger partial charge in [0.05, 0.1) is 6.61 Å². The molecule has 0 saturated carbocycles. The molecule has 0 atom stereocenters. The van der Waals surface area contributed by atoms with E-state index in [0.717, 1.165) is 5.56 Å². The van der Waals surface area contributed by atoms with Gasteiger partial charge >= 0.3 is 5.97 Å². The number of hydrogen-bond acceptors (Lipinski definition) is 4. The Morgan fingerprint density at radius 3 is 2.67 bits per heavy atom. The second-order valence-electron chi connectivity index (χ2n) is 4.51.